The summed E-state index contributed by atoms with van der Waals surface area (Å²) in [6.45, 7) is 0.910. The zero-order valence-corrected chi connectivity index (χ0v) is 16.3. The number of carboxylic acids is 1. The Labute approximate surface area is 167 Å². The fourth-order valence-corrected chi connectivity index (χ4v) is 3.90. The van der Waals surface area contributed by atoms with E-state index in [1.165, 1.54) is 19.2 Å². The predicted molar refractivity (Wildman–Crippen MR) is 104 cm³/mol. The van der Waals surface area contributed by atoms with Crippen molar-refractivity contribution in [1.29, 1.82) is 0 Å². The molecule has 1 aliphatic rings. The molecule has 1 saturated carbocycles. The van der Waals surface area contributed by atoms with Crippen LogP contribution in [0.3, 0.4) is 0 Å². The molecule has 2 aromatic carbocycles. The van der Waals surface area contributed by atoms with Crippen LogP contribution in [0.1, 0.15) is 53.3 Å². The van der Waals surface area contributed by atoms with Crippen LogP contribution in [0.5, 0.6) is 0 Å². The Bertz CT molecular complexity index is 945. The number of carbonyl (C=O) groups is 3. The van der Waals surface area contributed by atoms with Crippen LogP contribution in [0.15, 0.2) is 36.4 Å². The van der Waals surface area contributed by atoms with Gasteiger partial charge >= 0.3 is 17.9 Å². The summed E-state index contributed by atoms with van der Waals surface area (Å²) in [4.78, 5) is 36.7. The minimum absolute atomic E-state index is 0.0164. The van der Waals surface area contributed by atoms with E-state index in [0.717, 1.165) is 25.2 Å². The van der Waals surface area contributed by atoms with Crippen molar-refractivity contribution in [3.63, 3.8) is 0 Å². The first kappa shape index (κ1) is 20.8. The van der Waals surface area contributed by atoms with Gasteiger partial charge in [-0.05, 0) is 48.6 Å². The Morgan fingerprint density at radius 2 is 1.59 bits per heavy atom. The van der Waals surface area contributed by atoms with Crippen LogP contribution in [0.25, 0.3) is 10.8 Å². The molecule has 2 aromatic rings. The number of fused-ring (bicyclic) bond motifs is 1. The summed E-state index contributed by atoms with van der Waals surface area (Å²) in [5.74, 6) is -3.76. The molecule has 0 aromatic heterocycles. The van der Waals surface area contributed by atoms with Gasteiger partial charge in [0.2, 0.25) is 5.67 Å². The number of aliphatic carboxylic acids is 1. The van der Waals surface area contributed by atoms with Crippen molar-refractivity contribution in [1.82, 2.24) is 0 Å². The van der Waals surface area contributed by atoms with Crippen molar-refractivity contribution in [2.45, 2.75) is 44.4 Å². The molecule has 0 amide bonds. The van der Waals surface area contributed by atoms with E-state index in [0.29, 0.717) is 18.2 Å². The Hall–Kier alpha value is -2.96. The molecule has 2 unspecified atom stereocenters. The fourth-order valence-electron chi connectivity index (χ4n) is 3.90. The first-order valence-corrected chi connectivity index (χ1v) is 9.50. The maximum atomic E-state index is 15.0. The zero-order valence-electron chi connectivity index (χ0n) is 16.3. The molecule has 29 heavy (non-hydrogen) atoms. The maximum Gasteiger partial charge on any atom is 0.345 e. The van der Waals surface area contributed by atoms with Crippen molar-refractivity contribution in [3.05, 3.63) is 47.5 Å². The summed E-state index contributed by atoms with van der Waals surface area (Å²) in [7, 11) is 1.19. The maximum absolute atomic E-state index is 15.0. The van der Waals surface area contributed by atoms with Gasteiger partial charge in [0.15, 0.2) is 0 Å². The third-order valence-corrected chi connectivity index (χ3v) is 5.53. The minimum Gasteiger partial charge on any atom is -0.479 e. The smallest absolute Gasteiger partial charge is 0.345 e. The van der Waals surface area contributed by atoms with E-state index in [1.807, 2.05) is 0 Å². The summed E-state index contributed by atoms with van der Waals surface area (Å²) < 4.78 is 25.2. The molecule has 1 N–H and O–H groups in total. The normalized spacial score (nSPS) is 17.5. The Morgan fingerprint density at radius 3 is 2.07 bits per heavy atom. The van der Waals surface area contributed by atoms with Crippen molar-refractivity contribution >= 4 is 28.7 Å². The van der Waals surface area contributed by atoms with Gasteiger partial charge in [-0.15, -0.1) is 0 Å². The van der Waals surface area contributed by atoms with Gasteiger partial charge in [-0.3, -0.25) is 0 Å². The van der Waals surface area contributed by atoms with Gasteiger partial charge in [0, 0.05) is 0 Å². The number of methoxy groups -OCH3 is 1. The molecule has 0 radical (unpaired) electrons. The standard InChI is InChI=1S/C22H23FO6/c1-22(23,21(26)27)18(13-7-3-4-8-13)29-20(25)17-12-15-10-6-5-9-14(15)11-16(17)19(24)28-2/h5-6,9-13,18H,3-4,7-8H2,1-2H3,(H,26,27). The molecule has 1 fully saturated rings. The van der Waals surface area contributed by atoms with E-state index in [4.69, 9.17) is 9.47 Å². The number of esters is 2. The van der Waals surface area contributed by atoms with E-state index in [2.05, 4.69) is 0 Å². The lowest BCUT2D eigenvalue weighted by molar-refractivity contribution is -0.161. The molecule has 154 valence electrons. The van der Waals surface area contributed by atoms with Gasteiger partial charge in [-0.2, -0.15) is 0 Å². The lowest BCUT2D eigenvalue weighted by atomic mass is 9.88. The Balaban J connectivity index is 2.02. The number of alkyl halides is 1. The van der Waals surface area contributed by atoms with Crippen molar-refractivity contribution in [3.8, 4) is 0 Å². The topological polar surface area (TPSA) is 89.9 Å². The molecule has 0 heterocycles. The van der Waals surface area contributed by atoms with Crippen molar-refractivity contribution in [2.75, 3.05) is 7.11 Å². The van der Waals surface area contributed by atoms with E-state index >= 15 is 4.39 Å². The summed E-state index contributed by atoms with van der Waals surface area (Å²) in [6.07, 6.45) is 1.33. The van der Waals surface area contributed by atoms with Crippen LogP contribution in [0.4, 0.5) is 4.39 Å². The largest absolute Gasteiger partial charge is 0.479 e. The Morgan fingerprint density at radius 1 is 1.07 bits per heavy atom. The second-order valence-corrected chi connectivity index (χ2v) is 7.49. The number of carbonyl (C=O) groups excluding carboxylic acids is 2. The first-order valence-electron chi connectivity index (χ1n) is 9.50. The lowest BCUT2D eigenvalue weighted by Gasteiger charge is -2.31. The highest BCUT2D eigenvalue weighted by atomic mass is 19.1. The number of rotatable bonds is 6. The van der Waals surface area contributed by atoms with E-state index < -0.39 is 35.6 Å². The molecule has 6 nitrogen and oxygen atoms in total. The molecular formula is C22H23FO6. The third-order valence-electron chi connectivity index (χ3n) is 5.53. The number of benzene rings is 2. The van der Waals surface area contributed by atoms with Crippen LogP contribution >= 0.6 is 0 Å². The van der Waals surface area contributed by atoms with E-state index in [1.54, 1.807) is 24.3 Å². The molecule has 0 spiro atoms. The second-order valence-electron chi connectivity index (χ2n) is 7.49. The van der Waals surface area contributed by atoms with Crippen LogP contribution < -0.4 is 0 Å². The van der Waals surface area contributed by atoms with E-state index in [9.17, 15) is 19.5 Å². The van der Waals surface area contributed by atoms with Gasteiger partial charge < -0.3 is 14.6 Å². The van der Waals surface area contributed by atoms with E-state index in [-0.39, 0.29) is 11.1 Å². The quantitative estimate of drug-likeness (QED) is 0.730. The highest BCUT2D eigenvalue weighted by molar-refractivity contribution is 6.07. The average molecular weight is 402 g/mol. The van der Waals surface area contributed by atoms with Gasteiger partial charge in [0.1, 0.15) is 6.10 Å². The minimum atomic E-state index is -2.74. The monoisotopic (exact) mass is 402 g/mol. The van der Waals surface area contributed by atoms with Crippen molar-refractivity contribution in [2.24, 2.45) is 5.92 Å². The van der Waals surface area contributed by atoms with Crippen LogP contribution in [-0.4, -0.2) is 41.9 Å². The Kier molecular flexibility index (Phi) is 5.86. The van der Waals surface area contributed by atoms with Gasteiger partial charge in [-0.1, -0.05) is 37.1 Å². The summed E-state index contributed by atoms with van der Waals surface area (Å²) in [5.41, 5.74) is -2.84. The number of ether oxygens (including phenoxy) is 2. The molecular weight excluding hydrogens is 379 g/mol. The van der Waals surface area contributed by atoms with Gasteiger partial charge in [0.05, 0.1) is 18.2 Å². The van der Waals surface area contributed by atoms with Gasteiger partial charge in [-0.25, -0.2) is 18.8 Å². The summed E-state index contributed by atoms with van der Waals surface area (Å²) in [6, 6.07) is 10.1. The van der Waals surface area contributed by atoms with Crippen molar-refractivity contribution < 1.29 is 33.4 Å². The third kappa shape index (κ3) is 4.09. The molecule has 7 heteroatoms. The van der Waals surface area contributed by atoms with Gasteiger partial charge in [0.25, 0.3) is 0 Å². The highest BCUT2D eigenvalue weighted by Gasteiger charge is 2.49. The number of carboxylic acid groups (broad SMARTS) is 1. The van der Waals surface area contributed by atoms with Crippen LogP contribution in [0.2, 0.25) is 0 Å². The molecule has 3 rings (SSSR count). The number of halogens is 1. The molecule has 1 aliphatic carbocycles. The number of hydrogen-bond acceptors (Lipinski definition) is 5. The zero-order chi connectivity index (χ0) is 21.2. The second kappa shape index (κ2) is 8.19. The highest BCUT2D eigenvalue weighted by Crippen LogP contribution is 2.37. The SMILES string of the molecule is COC(=O)c1cc2ccccc2cc1C(=O)OC(C1CCCC1)C(C)(F)C(=O)O. The molecule has 0 saturated heterocycles. The van der Waals surface area contributed by atoms with Crippen LogP contribution in [-0.2, 0) is 14.3 Å². The summed E-state index contributed by atoms with van der Waals surface area (Å²) in [5, 5.41) is 10.7. The lowest BCUT2D eigenvalue weighted by Crippen LogP contribution is -2.49. The fraction of sp³-hybridized carbons (Fsp3) is 0.409. The molecule has 0 bridgehead atoms. The number of hydrogen-bond donors (Lipinski definition) is 1. The average Bonchev–Trinajstić information content (AvgIpc) is 3.24. The predicted octanol–water partition coefficient (Wildman–Crippen LogP) is 4.15. The molecule has 0 aliphatic heterocycles. The summed E-state index contributed by atoms with van der Waals surface area (Å²) >= 11 is 0. The molecule has 2 atom stereocenters. The van der Waals surface area contributed by atoms with Crippen LogP contribution in [0, 0.1) is 5.92 Å². The first-order chi connectivity index (χ1) is 13.8.